The van der Waals surface area contributed by atoms with Crippen LogP contribution in [-0.4, -0.2) is 29.3 Å². The smallest absolute Gasteiger partial charge is 0.226 e. The Balaban J connectivity index is 0.00000288. The first-order valence-corrected chi connectivity index (χ1v) is 8.51. The lowest BCUT2D eigenvalue weighted by molar-refractivity contribution is -0.157. The van der Waals surface area contributed by atoms with E-state index >= 15 is 0 Å². The molecule has 2 rings (SSSR count). The number of hydrogen-bond donors (Lipinski definition) is 2. The third kappa shape index (κ3) is 5.13. The summed E-state index contributed by atoms with van der Waals surface area (Å²) in [6.45, 7) is 4.12. The van der Waals surface area contributed by atoms with E-state index in [2.05, 4.69) is 25.9 Å². The maximum absolute atomic E-state index is 6.19. The lowest BCUT2D eigenvalue weighted by Gasteiger charge is -2.36. The lowest BCUT2D eigenvalue weighted by atomic mass is 10.1. The van der Waals surface area contributed by atoms with Crippen molar-refractivity contribution in [3.05, 3.63) is 32.2 Å². The molecule has 0 aromatic heterocycles. The summed E-state index contributed by atoms with van der Waals surface area (Å²) in [6.07, 6.45) is 1.48. The molecule has 24 heavy (non-hydrogen) atoms. The summed E-state index contributed by atoms with van der Waals surface area (Å²) in [5.74, 6) is 0.333. The number of hydrogen-bond acceptors (Lipinski definition) is 6. The third-order valence-corrected chi connectivity index (χ3v) is 4.77. The van der Waals surface area contributed by atoms with E-state index < -0.39 is 5.66 Å². The summed E-state index contributed by atoms with van der Waals surface area (Å²) in [4.78, 5) is 13.8. The summed E-state index contributed by atoms with van der Waals surface area (Å²) in [6, 6.07) is 3.63. The van der Waals surface area contributed by atoms with Gasteiger partial charge >= 0.3 is 0 Å². The van der Waals surface area contributed by atoms with E-state index in [0.29, 0.717) is 16.7 Å². The Morgan fingerprint density at radius 3 is 2.54 bits per heavy atom. The average molecular weight is 460 g/mol. The van der Waals surface area contributed by atoms with Gasteiger partial charge in [0.05, 0.1) is 11.6 Å². The van der Waals surface area contributed by atoms with Crippen molar-refractivity contribution in [3.63, 3.8) is 0 Å². The number of aliphatic imine (C=N–C) groups is 2. The highest BCUT2D eigenvalue weighted by molar-refractivity contribution is 9.10. The molecule has 1 aliphatic heterocycles. The first-order chi connectivity index (χ1) is 10.7. The van der Waals surface area contributed by atoms with Crippen molar-refractivity contribution in [2.75, 3.05) is 6.61 Å². The molecule has 0 bridgehead atoms. The second kappa shape index (κ2) is 8.58. The summed E-state index contributed by atoms with van der Waals surface area (Å²) in [7, 11) is 0. The normalized spacial score (nSPS) is 16.3. The van der Waals surface area contributed by atoms with E-state index in [1.165, 1.54) is 5.06 Å². The number of aryl methyl sites for hydroxylation is 1. The molecule has 0 saturated carbocycles. The number of benzene rings is 1. The Labute approximate surface area is 165 Å². The molecule has 1 heterocycles. The second-order valence-corrected chi connectivity index (χ2v) is 7.19. The van der Waals surface area contributed by atoms with Crippen LogP contribution in [0.4, 0.5) is 0 Å². The van der Waals surface area contributed by atoms with Gasteiger partial charge in [-0.05, 0) is 60.3 Å². The Morgan fingerprint density at radius 2 is 1.92 bits per heavy atom. The van der Waals surface area contributed by atoms with Crippen molar-refractivity contribution in [3.8, 4) is 0 Å². The van der Waals surface area contributed by atoms with Crippen LogP contribution in [0.15, 0.2) is 26.6 Å². The van der Waals surface area contributed by atoms with Crippen molar-refractivity contribution >= 4 is 63.5 Å². The fourth-order valence-electron chi connectivity index (χ4n) is 2.19. The van der Waals surface area contributed by atoms with Crippen LogP contribution < -0.4 is 11.5 Å². The molecule has 0 unspecified atom stereocenters. The molecular weight excluding hydrogens is 440 g/mol. The predicted octanol–water partition coefficient (Wildman–Crippen LogP) is 3.72. The van der Waals surface area contributed by atoms with Gasteiger partial charge in [0, 0.05) is 9.50 Å². The zero-order valence-electron chi connectivity index (χ0n) is 13.2. The van der Waals surface area contributed by atoms with Gasteiger partial charge in [-0.15, -0.1) is 12.4 Å². The summed E-state index contributed by atoms with van der Waals surface area (Å²) >= 11 is 15.6. The van der Waals surface area contributed by atoms with Crippen LogP contribution in [0.1, 0.15) is 25.8 Å². The molecule has 0 saturated heterocycles. The minimum Gasteiger partial charge on any atom is -0.368 e. The predicted molar refractivity (Wildman–Crippen MR) is 105 cm³/mol. The van der Waals surface area contributed by atoms with E-state index in [0.717, 1.165) is 22.9 Å². The van der Waals surface area contributed by atoms with Crippen LogP contribution in [0.25, 0.3) is 0 Å². The second-order valence-electron chi connectivity index (χ2n) is 5.52. The molecule has 134 valence electrons. The highest BCUT2D eigenvalue weighted by atomic mass is 79.9. The van der Waals surface area contributed by atoms with Crippen molar-refractivity contribution in [2.45, 2.75) is 32.4 Å². The molecule has 1 aliphatic rings. The molecule has 10 heteroatoms. The maximum Gasteiger partial charge on any atom is 0.226 e. The van der Waals surface area contributed by atoms with E-state index in [1.54, 1.807) is 6.07 Å². The standard InChI is InChI=1S/C14H18BrCl2N5O.ClH/c1-14(2)21-12(18)20-13(19)22(14)23-5-3-4-8-6-9(15)11(17)7-10(8)16;/h6-7H,3-5H2,1-2H3,(H4,18,19,20,21);1H. The molecular formula is C14H19BrCl3N5O. The van der Waals surface area contributed by atoms with E-state index in [4.69, 9.17) is 39.5 Å². The monoisotopic (exact) mass is 457 g/mol. The minimum absolute atomic E-state index is 0. The van der Waals surface area contributed by atoms with Gasteiger partial charge < -0.3 is 11.5 Å². The Kier molecular flexibility index (Phi) is 7.62. The van der Waals surface area contributed by atoms with Crippen LogP contribution in [0.2, 0.25) is 10.0 Å². The first kappa shape index (κ1) is 21.3. The number of guanidine groups is 2. The highest BCUT2D eigenvalue weighted by Gasteiger charge is 2.32. The average Bonchev–Trinajstić information content (AvgIpc) is 2.41. The highest BCUT2D eigenvalue weighted by Crippen LogP contribution is 2.30. The maximum atomic E-state index is 6.19. The molecule has 0 radical (unpaired) electrons. The molecule has 1 aromatic carbocycles. The summed E-state index contributed by atoms with van der Waals surface area (Å²) in [5.41, 5.74) is 11.8. The van der Waals surface area contributed by atoms with Gasteiger partial charge in [0.25, 0.3) is 0 Å². The van der Waals surface area contributed by atoms with Crippen LogP contribution in [-0.2, 0) is 11.3 Å². The Hall–Kier alpha value is -0.730. The van der Waals surface area contributed by atoms with Gasteiger partial charge in [0.15, 0.2) is 5.66 Å². The van der Waals surface area contributed by atoms with Crippen molar-refractivity contribution < 1.29 is 4.84 Å². The molecule has 1 aromatic rings. The molecule has 6 nitrogen and oxygen atoms in total. The number of nitrogens with zero attached hydrogens (tertiary/aromatic N) is 3. The van der Waals surface area contributed by atoms with Crippen molar-refractivity contribution in [1.82, 2.24) is 5.06 Å². The van der Waals surface area contributed by atoms with E-state index in [-0.39, 0.29) is 24.3 Å². The zero-order valence-corrected chi connectivity index (χ0v) is 17.1. The molecule has 0 fully saturated rings. The molecule has 0 aliphatic carbocycles. The number of nitrogens with two attached hydrogens (primary N) is 2. The van der Waals surface area contributed by atoms with Crippen LogP contribution in [0.3, 0.4) is 0 Å². The fraction of sp³-hybridized carbons (Fsp3) is 0.429. The number of rotatable bonds is 5. The summed E-state index contributed by atoms with van der Waals surface area (Å²) in [5, 5.41) is 2.68. The Bertz CT molecular complexity index is 666. The fourth-order valence-corrected chi connectivity index (χ4v) is 3.06. The lowest BCUT2D eigenvalue weighted by Crippen LogP contribution is -2.53. The van der Waals surface area contributed by atoms with Gasteiger partial charge in [-0.1, -0.05) is 23.2 Å². The molecule has 4 N–H and O–H groups in total. The Morgan fingerprint density at radius 1 is 1.25 bits per heavy atom. The van der Waals surface area contributed by atoms with Crippen molar-refractivity contribution in [1.29, 1.82) is 0 Å². The van der Waals surface area contributed by atoms with E-state index in [9.17, 15) is 0 Å². The minimum atomic E-state index is -0.698. The van der Waals surface area contributed by atoms with Gasteiger partial charge in [-0.25, -0.2) is 4.99 Å². The number of halogens is 4. The SMILES string of the molecule is CC1(C)N=C(N)N=C(N)N1OCCCc1cc(Br)c(Cl)cc1Cl.Cl. The third-order valence-electron chi connectivity index (χ3n) is 3.22. The summed E-state index contributed by atoms with van der Waals surface area (Å²) < 4.78 is 0.817. The van der Waals surface area contributed by atoms with Gasteiger partial charge in [-0.2, -0.15) is 10.1 Å². The van der Waals surface area contributed by atoms with Gasteiger partial charge in [0.1, 0.15) is 0 Å². The van der Waals surface area contributed by atoms with Gasteiger partial charge in [0.2, 0.25) is 11.9 Å². The number of hydroxylamine groups is 2. The van der Waals surface area contributed by atoms with Crippen molar-refractivity contribution in [2.24, 2.45) is 21.5 Å². The molecule has 0 spiro atoms. The van der Waals surface area contributed by atoms with E-state index in [1.807, 2.05) is 19.9 Å². The zero-order chi connectivity index (χ0) is 17.2. The quantitative estimate of drug-likeness (QED) is 0.519. The topological polar surface area (TPSA) is 89.2 Å². The van der Waals surface area contributed by atoms with Gasteiger partial charge in [-0.3, -0.25) is 4.84 Å². The first-order valence-electron chi connectivity index (χ1n) is 6.97. The molecule has 0 atom stereocenters. The van der Waals surface area contributed by atoms with Crippen LogP contribution >= 0.6 is 51.5 Å². The van der Waals surface area contributed by atoms with Crippen LogP contribution in [0.5, 0.6) is 0 Å². The largest absolute Gasteiger partial charge is 0.368 e. The molecule has 0 amide bonds. The van der Waals surface area contributed by atoms with Crippen LogP contribution in [0, 0.1) is 0 Å².